The van der Waals surface area contributed by atoms with Crippen LogP contribution in [0.5, 0.6) is 0 Å². The predicted octanol–water partition coefficient (Wildman–Crippen LogP) is 2.97. The number of nitrogens with one attached hydrogen (secondary N) is 1. The van der Waals surface area contributed by atoms with Crippen molar-refractivity contribution < 1.29 is 4.21 Å². The molecule has 88 valence electrons. The lowest BCUT2D eigenvalue weighted by Crippen LogP contribution is -2.35. The zero-order valence-electron chi connectivity index (χ0n) is 10.1. The summed E-state index contributed by atoms with van der Waals surface area (Å²) in [6.45, 7) is 9.61. The zero-order chi connectivity index (χ0) is 12.2. The van der Waals surface area contributed by atoms with E-state index in [1.54, 1.807) is 6.08 Å². The van der Waals surface area contributed by atoms with E-state index in [9.17, 15) is 4.21 Å². The molecule has 3 heteroatoms. The van der Waals surface area contributed by atoms with E-state index in [1.807, 2.05) is 51.1 Å². The first-order valence-corrected chi connectivity index (χ1v) is 6.45. The molecular formula is C13H19NOS. The maximum absolute atomic E-state index is 12.0. The van der Waals surface area contributed by atoms with Gasteiger partial charge in [-0.3, -0.25) is 0 Å². The van der Waals surface area contributed by atoms with E-state index in [0.717, 1.165) is 5.56 Å². The molecule has 0 radical (unpaired) electrons. The van der Waals surface area contributed by atoms with E-state index in [1.165, 1.54) is 0 Å². The van der Waals surface area contributed by atoms with Crippen LogP contribution in [0.4, 0.5) is 0 Å². The molecule has 0 heterocycles. The molecule has 1 N–H and O–H groups in total. The maximum Gasteiger partial charge on any atom is 0.0978 e. The van der Waals surface area contributed by atoms with Gasteiger partial charge in [0.15, 0.2) is 0 Å². The summed E-state index contributed by atoms with van der Waals surface area (Å²) in [6, 6.07) is 9.82. The van der Waals surface area contributed by atoms with Crippen molar-refractivity contribution in [2.24, 2.45) is 0 Å². The molecule has 0 saturated carbocycles. The minimum Gasteiger partial charge on any atom is -0.242 e. The maximum atomic E-state index is 12.0. The van der Waals surface area contributed by atoms with Gasteiger partial charge >= 0.3 is 0 Å². The van der Waals surface area contributed by atoms with Crippen molar-refractivity contribution in [1.82, 2.24) is 4.72 Å². The molecule has 2 nitrogen and oxygen atoms in total. The van der Waals surface area contributed by atoms with Crippen LogP contribution >= 0.6 is 0 Å². The van der Waals surface area contributed by atoms with E-state index in [4.69, 9.17) is 0 Å². The summed E-state index contributed by atoms with van der Waals surface area (Å²) >= 11 is 0. The van der Waals surface area contributed by atoms with Gasteiger partial charge in [0.2, 0.25) is 0 Å². The molecule has 0 fully saturated rings. The van der Waals surface area contributed by atoms with Gasteiger partial charge in [-0.05, 0) is 26.3 Å². The molecule has 0 aromatic heterocycles. The Morgan fingerprint density at radius 2 is 1.88 bits per heavy atom. The third-order valence-electron chi connectivity index (χ3n) is 2.18. The topological polar surface area (TPSA) is 29.1 Å². The molecule has 1 rings (SSSR count). The molecule has 2 atom stereocenters. The summed E-state index contributed by atoms with van der Waals surface area (Å²) in [5.41, 5.74) is 1.08. The van der Waals surface area contributed by atoms with Crippen molar-refractivity contribution in [3.8, 4) is 0 Å². The van der Waals surface area contributed by atoms with Gasteiger partial charge in [-0.2, -0.15) is 0 Å². The van der Waals surface area contributed by atoms with Gasteiger partial charge in [-0.1, -0.05) is 36.4 Å². The van der Waals surface area contributed by atoms with Crippen LogP contribution in [0, 0.1) is 0 Å². The summed E-state index contributed by atoms with van der Waals surface area (Å²) in [5, 5.41) is 0. The molecule has 0 saturated heterocycles. The predicted molar refractivity (Wildman–Crippen MR) is 70.4 cm³/mol. The molecular weight excluding hydrogens is 218 g/mol. The van der Waals surface area contributed by atoms with E-state index < -0.39 is 11.0 Å². The highest BCUT2D eigenvalue weighted by atomic mass is 32.2. The Balaban J connectivity index is 2.79. The smallest absolute Gasteiger partial charge is 0.0978 e. The van der Waals surface area contributed by atoms with E-state index in [0.29, 0.717) is 0 Å². The first-order valence-electron chi connectivity index (χ1n) is 5.30. The van der Waals surface area contributed by atoms with Crippen LogP contribution in [0.25, 0.3) is 0 Å². The highest BCUT2D eigenvalue weighted by Gasteiger charge is 2.22. The normalized spacial score (nSPS) is 15.4. The molecule has 16 heavy (non-hydrogen) atoms. The monoisotopic (exact) mass is 237 g/mol. The second kappa shape index (κ2) is 5.41. The fourth-order valence-corrected chi connectivity index (χ4v) is 2.02. The number of hydrogen-bond donors (Lipinski definition) is 1. The lowest BCUT2D eigenvalue weighted by molar-refractivity contribution is 0.626. The van der Waals surface area contributed by atoms with Gasteiger partial charge in [-0.15, -0.1) is 6.58 Å². The lowest BCUT2D eigenvalue weighted by atomic mass is 10.1. The van der Waals surface area contributed by atoms with Crippen molar-refractivity contribution in [2.75, 3.05) is 0 Å². The summed E-state index contributed by atoms with van der Waals surface area (Å²) in [6.07, 6.45) is 1.78. The first kappa shape index (κ1) is 13.1. The molecule has 0 aliphatic heterocycles. The summed E-state index contributed by atoms with van der Waals surface area (Å²) in [7, 11) is -1.09. The second-order valence-corrected chi connectivity index (χ2v) is 6.62. The van der Waals surface area contributed by atoms with Crippen molar-refractivity contribution in [3.63, 3.8) is 0 Å². The average molecular weight is 237 g/mol. The van der Waals surface area contributed by atoms with Crippen LogP contribution in [-0.2, 0) is 11.0 Å². The van der Waals surface area contributed by atoms with Crippen LogP contribution < -0.4 is 4.72 Å². The Labute approximate surface area is 100 Å². The van der Waals surface area contributed by atoms with Crippen LogP contribution in [-0.4, -0.2) is 8.96 Å². The highest BCUT2D eigenvalue weighted by Crippen LogP contribution is 2.17. The number of rotatable bonds is 4. The second-order valence-electron chi connectivity index (χ2n) is 4.62. The van der Waals surface area contributed by atoms with Crippen molar-refractivity contribution in [1.29, 1.82) is 0 Å². The quantitative estimate of drug-likeness (QED) is 0.801. The molecule has 0 bridgehead atoms. The van der Waals surface area contributed by atoms with Gasteiger partial charge in [0.05, 0.1) is 21.8 Å². The Morgan fingerprint density at radius 1 is 1.31 bits per heavy atom. The van der Waals surface area contributed by atoms with E-state index in [-0.39, 0.29) is 10.8 Å². The third-order valence-corrected chi connectivity index (χ3v) is 3.76. The Hall–Kier alpha value is -0.930. The highest BCUT2D eigenvalue weighted by molar-refractivity contribution is 7.84. The van der Waals surface area contributed by atoms with Crippen LogP contribution in [0.1, 0.15) is 32.4 Å². The van der Waals surface area contributed by atoms with Crippen molar-refractivity contribution in [3.05, 3.63) is 48.6 Å². The standard InChI is InChI=1S/C13H19NOS/c1-5-12(11-9-7-6-8-10-11)14-16(15)13(2,3)4/h5-10,12,14H,1H2,2-4H3/t12-,16+/m0/s1. The van der Waals surface area contributed by atoms with E-state index in [2.05, 4.69) is 11.3 Å². The summed E-state index contributed by atoms with van der Waals surface area (Å²) in [5.74, 6) is 0. The number of benzene rings is 1. The minimum atomic E-state index is -1.09. The van der Waals surface area contributed by atoms with Gasteiger partial charge < -0.3 is 0 Å². The largest absolute Gasteiger partial charge is 0.242 e. The summed E-state index contributed by atoms with van der Waals surface area (Å²) < 4.78 is 14.8. The average Bonchev–Trinajstić information content (AvgIpc) is 2.25. The van der Waals surface area contributed by atoms with Gasteiger partial charge in [0.1, 0.15) is 0 Å². The summed E-state index contributed by atoms with van der Waals surface area (Å²) in [4.78, 5) is 0. The van der Waals surface area contributed by atoms with Crippen LogP contribution in [0.15, 0.2) is 43.0 Å². The number of hydrogen-bond acceptors (Lipinski definition) is 1. The zero-order valence-corrected chi connectivity index (χ0v) is 10.9. The molecule has 1 aromatic rings. The van der Waals surface area contributed by atoms with E-state index >= 15 is 0 Å². The van der Waals surface area contributed by atoms with Crippen LogP contribution in [0.2, 0.25) is 0 Å². The Bertz CT molecular complexity index is 367. The molecule has 0 aliphatic rings. The molecule has 0 amide bonds. The van der Waals surface area contributed by atoms with Crippen molar-refractivity contribution >= 4 is 11.0 Å². The van der Waals surface area contributed by atoms with Gasteiger partial charge in [-0.25, -0.2) is 8.93 Å². The Kier molecular flexibility index (Phi) is 4.44. The SMILES string of the molecule is C=C[C@H](N[S@](=O)C(C)(C)C)c1ccccc1. The van der Waals surface area contributed by atoms with Gasteiger partial charge in [0, 0.05) is 0 Å². The third kappa shape index (κ3) is 3.58. The van der Waals surface area contributed by atoms with Gasteiger partial charge in [0.25, 0.3) is 0 Å². The minimum absolute atomic E-state index is 0.0683. The first-order chi connectivity index (χ1) is 7.45. The fraction of sp³-hybridized carbons (Fsp3) is 0.385. The fourth-order valence-electron chi connectivity index (χ4n) is 1.20. The molecule has 0 spiro atoms. The molecule has 1 aromatic carbocycles. The lowest BCUT2D eigenvalue weighted by Gasteiger charge is -2.22. The Morgan fingerprint density at radius 3 is 2.31 bits per heavy atom. The molecule has 0 unspecified atom stereocenters. The van der Waals surface area contributed by atoms with Crippen molar-refractivity contribution in [2.45, 2.75) is 31.6 Å². The molecule has 0 aliphatic carbocycles. The van der Waals surface area contributed by atoms with Crippen LogP contribution in [0.3, 0.4) is 0 Å².